The monoisotopic (exact) mass is 852 g/mol. The van der Waals surface area contributed by atoms with Crippen LogP contribution in [0.1, 0.15) is 131 Å². The predicted octanol–water partition coefficient (Wildman–Crippen LogP) is 12.0. The zero-order valence-corrected chi connectivity index (χ0v) is 38.2. The first-order valence-corrected chi connectivity index (χ1v) is 24.4. The molecule has 5 heterocycles. The minimum atomic E-state index is -0.0664. The number of allylic oxidation sites excluding steroid dienone is 1. The van der Waals surface area contributed by atoms with E-state index in [2.05, 4.69) is 130 Å². The van der Waals surface area contributed by atoms with E-state index in [1.54, 1.807) is 0 Å². The van der Waals surface area contributed by atoms with Crippen LogP contribution in [0.25, 0.3) is 16.1 Å². The maximum absolute atomic E-state index is 10.4. The van der Waals surface area contributed by atoms with E-state index >= 15 is 0 Å². The van der Waals surface area contributed by atoms with Gasteiger partial charge in [-0.05, 0) is 179 Å². The molecule has 1 saturated carbocycles. The molecule has 3 fully saturated rings. The fourth-order valence-electron chi connectivity index (χ4n) is 11.8. The zero-order chi connectivity index (χ0) is 42.8. The van der Waals surface area contributed by atoms with Crippen molar-refractivity contribution in [1.29, 1.82) is 0 Å². The van der Waals surface area contributed by atoms with Crippen LogP contribution in [0.15, 0.2) is 102 Å². The van der Waals surface area contributed by atoms with Crippen LogP contribution in [0.3, 0.4) is 0 Å². The Balaban J connectivity index is 0.688. The summed E-state index contributed by atoms with van der Waals surface area (Å²) in [5, 5.41) is 20.5. The molecule has 0 unspecified atom stereocenters. The Morgan fingerprint density at radius 2 is 1.51 bits per heavy atom. The van der Waals surface area contributed by atoms with Crippen molar-refractivity contribution in [1.82, 2.24) is 19.7 Å². The molecule has 0 bridgehead atoms. The molecule has 63 heavy (non-hydrogen) atoms. The first-order chi connectivity index (χ1) is 30.7. The molecule has 1 atom stereocenters. The smallest absolute Gasteiger partial charge is 0.162 e. The molecule has 11 rings (SSSR count). The van der Waals surface area contributed by atoms with Gasteiger partial charge in [0.1, 0.15) is 22.6 Å². The van der Waals surface area contributed by atoms with Crippen LogP contribution in [0.2, 0.25) is 0 Å². The van der Waals surface area contributed by atoms with E-state index < -0.39 is 0 Å². The van der Waals surface area contributed by atoms with Gasteiger partial charge < -0.3 is 14.9 Å². The number of piperidine rings is 1. The third kappa shape index (κ3) is 7.47. The lowest BCUT2D eigenvalue weighted by Crippen LogP contribution is -2.58. The van der Waals surface area contributed by atoms with Crippen LogP contribution in [-0.4, -0.2) is 63.2 Å². The number of anilines is 1. The number of phenolic OH excluding ortho intramolecular Hbond substituents is 1. The number of phenols is 1. The summed E-state index contributed by atoms with van der Waals surface area (Å²) in [4.78, 5) is 12.0. The van der Waals surface area contributed by atoms with Crippen molar-refractivity contribution >= 4 is 33.9 Å². The average molecular weight is 853 g/mol. The Bertz CT molecular complexity index is 2700. The highest BCUT2D eigenvalue weighted by Crippen LogP contribution is 2.48. The number of hydrogen-bond donors (Lipinski definition) is 1. The van der Waals surface area contributed by atoms with Crippen LogP contribution in [0, 0.1) is 32.1 Å². The molecular formula is C55H60N6OS. The van der Waals surface area contributed by atoms with E-state index in [9.17, 15) is 5.11 Å². The van der Waals surface area contributed by atoms with Crippen molar-refractivity contribution in [3.8, 4) is 10.8 Å². The number of aromatic hydroxyl groups is 1. The highest BCUT2D eigenvalue weighted by molar-refractivity contribution is 7.15. The van der Waals surface area contributed by atoms with Crippen molar-refractivity contribution < 1.29 is 5.11 Å². The summed E-state index contributed by atoms with van der Waals surface area (Å²) in [6, 6.07) is 35.6. The summed E-state index contributed by atoms with van der Waals surface area (Å²) in [6.07, 6.45) is 11.0. The zero-order valence-electron chi connectivity index (χ0n) is 37.4. The minimum absolute atomic E-state index is 0.0664. The van der Waals surface area contributed by atoms with E-state index in [0.29, 0.717) is 17.1 Å². The number of fused-ring (bicyclic) bond motifs is 4. The van der Waals surface area contributed by atoms with E-state index in [-0.39, 0.29) is 6.04 Å². The normalized spacial score (nSPS) is 20.4. The molecule has 1 N–H and O–H groups in total. The van der Waals surface area contributed by atoms with Crippen LogP contribution in [-0.2, 0) is 6.42 Å². The van der Waals surface area contributed by atoms with Gasteiger partial charge >= 0.3 is 0 Å². The molecule has 0 radical (unpaired) electrons. The number of benzene rings is 4. The number of nitrogens with zero attached hydrogens (tertiary/aromatic N) is 6. The number of aliphatic imine (C=N–C) groups is 1. The number of hydrogen-bond acceptors (Lipinski definition) is 7. The van der Waals surface area contributed by atoms with E-state index in [4.69, 9.17) is 4.99 Å². The summed E-state index contributed by atoms with van der Waals surface area (Å²) in [7, 11) is 0. The van der Waals surface area contributed by atoms with Gasteiger partial charge in [0.2, 0.25) is 0 Å². The lowest BCUT2D eigenvalue weighted by Gasteiger charge is -2.55. The van der Waals surface area contributed by atoms with Crippen LogP contribution in [0.5, 0.6) is 5.75 Å². The molecule has 2 saturated heterocycles. The standard InChI is InChI=1S/C55H60N6OS/c1-35-37(3)63-54-50(35)52(56-36(2)53-58-57-38(4)61(53)54)44-17-19-46(20-18-44)60-33-55(34-60)27-23-39(24-28-55)32-59-29-25-41(26-30-59)40-13-15-43(16-14-40)51-48(42-9-6-5-7-10-42)12-8-11-45-31-47(62)21-22-49(45)51/h5-7,9-10,13-22,31,36,39,41,62H,8,11-12,23-30,32-34H2,1-4H3/t36-/m0/s1. The molecule has 0 amide bonds. The molecule has 8 heteroatoms. The Kier molecular flexibility index (Phi) is 10.5. The quantitative estimate of drug-likeness (QED) is 0.173. The summed E-state index contributed by atoms with van der Waals surface area (Å²) < 4.78 is 2.22. The lowest BCUT2D eigenvalue weighted by atomic mass is 9.65. The van der Waals surface area contributed by atoms with Crippen molar-refractivity contribution in [3.63, 3.8) is 0 Å². The van der Waals surface area contributed by atoms with Gasteiger partial charge in [-0.15, -0.1) is 21.5 Å². The number of aromatic nitrogens is 3. The van der Waals surface area contributed by atoms with Gasteiger partial charge in [-0.1, -0.05) is 72.8 Å². The number of likely N-dealkylation sites (tertiary alicyclic amines) is 1. The third-order valence-corrected chi connectivity index (χ3v) is 16.7. The highest BCUT2D eigenvalue weighted by atomic mass is 32.1. The maximum atomic E-state index is 10.4. The van der Waals surface area contributed by atoms with Gasteiger partial charge in [0, 0.05) is 46.7 Å². The first kappa shape index (κ1) is 40.5. The van der Waals surface area contributed by atoms with Crippen molar-refractivity contribution in [2.45, 2.75) is 97.4 Å². The molecule has 322 valence electrons. The molecule has 4 aromatic carbocycles. The SMILES string of the molecule is Cc1sc2c(c1C)C(c1ccc(N3CC4(CCC(CN5CCC(c6ccc(C7=C(c8ccccc8)CCCc8cc(O)ccc87)cc6)CC5)CC4)C3)cc1)=N[C@@H](C)c1nnc(C)n1-2. The molecule has 2 aromatic heterocycles. The second kappa shape index (κ2) is 16.4. The van der Waals surface area contributed by atoms with Gasteiger partial charge in [0.05, 0.1) is 5.71 Å². The Labute approximate surface area is 377 Å². The second-order valence-electron chi connectivity index (χ2n) is 19.5. The largest absolute Gasteiger partial charge is 0.508 e. The number of thiophene rings is 1. The summed E-state index contributed by atoms with van der Waals surface area (Å²) >= 11 is 1.82. The fourth-order valence-corrected chi connectivity index (χ4v) is 13.0. The first-order valence-electron chi connectivity index (χ1n) is 23.6. The highest BCUT2D eigenvalue weighted by Gasteiger charge is 2.45. The van der Waals surface area contributed by atoms with E-state index in [0.717, 1.165) is 42.5 Å². The molecule has 3 aliphatic heterocycles. The van der Waals surface area contributed by atoms with Crippen molar-refractivity contribution in [3.05, 3.63) is 158 Å². The predicted molar refractivity (Wildman–Crippen MR) is 259 cm³/mol. The molecular weight excluding hydrogens is 793 g/mol. The average Bonchev–Trinajstić information content (AvgIpc) is 3.70. The molecule has 6 aromatic rings. The molecule has 5 aliphatic rings. The summed E-state index contributed by atoms with van der Waals surface area (Å²) in [6.45, 7) is 14.7. The Morgan fingerprint density at radius 3 is 2.25 bits per heavy atom. The minimum Gasteiger partial charge on any atom is -0.508 e. The second-order valence-corrected chi connectivity index (χ2v) is 20.7. The number of rotatable bonds is 7. The van der Waals surface area contributed by atoms with Gasteiger partial charge in [-0.25, -0.2) is 0 Å². The van der Waals surface area contributed by atoms with Gasteiger partial charge in [-0.3, -0.25) is 9.56 Å². The fraction of sp³-hybridized carbons (Fsp3) is 0.400. The van der Waals surface area contributed by atoms with E-state index in [1.807, 2.05) is 30.4 Å². The van der Waals surface area contributed by atoms with Gasteiger partial charge in [0.15, 0.2) is 5.82 Å². The number of aryl methyl sites for hydroxylation is 3. The van der Waals surface area contributed by atoms with Crippen LogP contribution in [0.4, 0.5) is 5.69 Å². The van der Waals surface area contributed by atoms with Crippen molar-refractivity contribution in [2.75, 3.05) is 37.6 Å². The lowest BCUT2D eigenvalue weighted by molar-refractivity contribution is 0.0840. The maximum Gasteiger partial charge on any atom is 0.162 e. The van der Waals surface area contributed by atoms with Crippen molar-refractivity contribution in [2.24, 2.45) is 16.3 Å². The van der Waals surface area contributed by atoms with Crippen LogP contribution < -0.4 is 4.90 Å². The Morgan fingerprint density at radius 1 is 0.778 bits per heavy atom. The topological polar surface area (TPSA) is 69.8 Å². The summed E-state index contributed by atoms with van der Waals surface area (Å²) in [5.74, 6) is 3.64. The molecule has 2 aliphatic carbocycles. The van der Waals surface area contributed by atoms with Crippen LogP contribution >= 0.6 is 11.3 Å². The molecule has 1 spiro atoms. The Hall–Kier alpha value is -5.31. The summed E-state index contributed by atoms with van der Waals surface area (Å²) in [5.41, 5.74) is 15.9. The third-order valence-electron chi connectivity index (χ3n) is 15.5. The van der Waals surface area contributed by atoms with Gasteiger partial charge in [0.25, 0.3) is 0 Å². The molecule has 7 nitrogen and oxygen atoms in total. The van der Waals surface area contributed by atoms with E-state index in [1.165, 1.54) is 142 Å². The van der Waals surface area contributed by atoms with Gasteiger partial charge in [-0.2, -0.15) is 0 Å².